The summed E-state index contributed by atoms with van der Waals surface area (Å²) in [5.41, 5.74) is 2.04. The number of hydrogen-bond acceptors (Lipinski definition) is 5. The Morgan fingerprint density at radius 1 is 1.03 bits per heavy atom. The van der Waals surface area contributed by atoms with Crippen molar-refractivity contribution in [2.45, 2.75) is 32.2 Å². The lowest BCUT2D eigenvalue weighted by molar-refractivity contribution is 0.0951. The normalized spacial score (nSPS) is 11.4. The number of pyridine rings is 1. The summed E-state index contributed by atoms with van der Waals surface area (Å²) in [4.78, 5) is 17.0. The Labute approximate surface area is 187 Å². The SMILES string of the molecule is CC(C)NS(=O)(=O)Cc1ccccc1CNC(=O)c1cccnc1Nc1cccc(F)c1. The van der Waals surface area contributed by atoms with Crippen LogP contribution in [-0.4, -0.2) is 25.4 Å². The maximum atomic E-state index is 13.5. The van der Waals surface area contributed by atoms with Crippen LogP contribution in [0.5, 0.6) is 0 Å². The summed E-state index contributed by atoms with van der Waals surface area (Å²) in [5.74, 6) is -0.700. The van der Waals surface area contributed by atoms with Crippen LogP contribution in [0.25, 0.3) is 0 Å². The number of amides is 1. The predicted molar refractivity (Wildman–Crippen MR) is 122 cm³/mol. The lowest BCUT2D eigenvalue weighted by Gasteiger charge is -2.14. The highest BCUT2D eigenvalue weighted by Gasteiger charge is 2.17. The van der Waals surface area contributed by atoms with Crippen molar-refractivity contribution < 1.29 is 17.6 Å². The Hall–Kier alpha value is -3.30. The van der Waals surface area contributed by atoms with Crippen molar-refractivity contribution in [1.29, 1.82) is 0 Å². The Balaban J connectivity index is 1.73. The molecule has 3 N–H and O–H groups in total. The first-order valence-electron chi connectivity index (χ1n) is 10.1. The molecule has 0 aliphatic rings. The summed E-state index contributed by atoms with van der Waals surface area (Å²) in [5, 5.41) is 5.77. The number of anilines is 2. The molecule has 0 radical (unpaired) electrons. The molecular weight excluding hydrogens is 431 g/mol. The second kappa shape index (κ2) is 10.3. The molecule has 168 valence electrons. The van der Waals surface area contributed by atoms with E-state index in [4.69, 9.17) is 0 Å². The fourth-order valence-electron chi connectivity index (χ4n) is 3.14. The van der Waals surface area contributed by atoms with Crippen LogP contribution in [0, 0.1) is 5.82 Å². The van der Waals surface area contributed by atoms with E-state index in [1.807, 2.05) is 0 Å². The van der Waals surface area contributed by atoms with E-state index in [-0.39, 0.29) is 29.7 Å². The van der Waals surface area contributed by atoms with Crippen LogP contribution >= 0.6 is 0 Å². The molecule has 0 aliphatic heterocycles. The molecule has 0 aliphatic carbocycles. The number of aromatic nitrogens is 1. The van der Waals surface area contributed by atoms with E-state index in [2.05, 4.69) is 20.3 Å². The van der Waals surface area contributed by atoms with Gasteiger partial charge in [0.2, 0.25) is 10.0 Å². The smallest absolute Gasteiger partial charge is 0.255 e. The summed E-state index contributed by atoms with van der Waals surface area (Å²) < 4.78 is 40.7. The van der Waals surface area contributed by atoms with E-state index in [9.17, 15) is 17.6 Å². The van der Waals surface area contributed by atoms with Gasteiger partial charge in [0.15, 0.2) is 0 Å². The molecule has 0 unspecified atom stereocenters. The molecule has 0 saturated heterocycles. The van der Waals surface area contributed by atoms with Crippen LogP contribution in [0.3, 0.4) is 0 Å². The largest absolute Gasteiger partial charge is 0.348 e. The van der Waals surface area contributed by atoms with Crippen LogP contribution in [-0.2, 0) is 22.3 Å². The molecule has 0 bridgehead atoms. The lowest BCUT2D eigenvalue weighted by Crippen LogP contribution is -2.32. The number of halogens is 1. The molecule has 3 rings (SSSR count). The number of benzene rings is 2. The molecule has 1 heterocycles. The third-order valence-electron chi connectivity index (χ3n) is 4.46. The van der Waals surface area contributed by atoms with Gasteiger partial charge in [-0.1, -0.05) is 30.3 Å². The minimum Gasteiger partial charge on any atom is -0.348 e. The van der Waals surface area contributed by atoms with Crippen LogP contribution in [0.15, 0.2) is 66.9 Å². The molecule has 7 nitrogen and oxygen atoms in total. The number of rotatable bonds is 9. The highest BCUT2D eigenvalue weighted by molar-refractivity contribution is 7.88. The number of nitrogens with one attached hydrogen (secondary N) is 3. The zero-order valence-corrected chi connectivity index (χ0v) is 18.6. The zero-order chi connectivity index (χ0) is 23.1. The average molecular weight is 457 g/mol. The summed E-state index contributed by atoms with van der Waals surface area (Å²) in [7, 11) is -3.51. The third kappa shape index (κ3) is 6.60. The molecule has 3 aromatic rings. The molecular formula is C23H25FN4O3S. The van der Waals surface area contributed by atoms with Crippen molar-refractivity contribution in [3.05, 3.63) is 89.4 Å². The van der Waals surface area contributed by atoms with Crippen LogP contribution < -0.4 is 15.4 Å². The minimum atomic E-state index is -3.51. The lowest BCUT2D eigenvalue weighted by atomic mass is 10.1. The van der Waals surface area contributed by atoms with Crippen molar-refractivity contribution >= 4 is 27.4 Å². The van der Waals surface area contributed by atoms with E-state index in [0.29, 0.717) is 16.8 Å². The van der Waals surface area contributed by atoms with Gasteiger partial charge in [-0.15, -0.1) is 0 Å². The van der Waals surface area contributed by atoms with Crippen LogP contribution in [0.2, 0.25) is 0 Å². The Kier molecular flexibility index (Phi) is 7.55. The fourth-order valence-corrected chi connectivity index (χ4v) is 4.63. The van der Waals surface area contributed by atoms with E-state index >= 15 is 0 Å². The van der Waals surface area contributed by atoms with Gasteiger partial charge >= 0.3 is 0 Å². The summed E-state index contributed by atoms with van der Waals surface area (Å²) in [6.07, 6.45) is 1.53. The standard InChI is InChI=1S/C23H25FN4O3S/c1-16(2)28-32(30,31)15-18-8-4-3-7-17(18)14-26-23(29)21-11-6-12-25-22(21)27-20-10-5-9-19(24)13-20/h3-13,16,28H,14-15H2,1-2H3,(H,25,27)(H,26,29). The molecule has 9 heteroatoms. The predicted octanol–water partition coefficient (Wildman–Crippen LogP) is 3.72. The molecule has 0 spiro atoms. The molecule has 0 atom stereocenters. The van der Waals surface area contributed by atoms with Gasteiger partial charge < -0.3 is 10.6 Å². The van der Waals surface area contributed by atoms with Crippen LogP contribution in [0.1, 0.15) is 35.3 Å². The van der Waals surface area contributed by atoms with Crippen molar-refractivity contribution in [3.63, 3.8) is 0 Å². The zero-order valence-electron chi connectivity index (χ0n) is 17.8. The van der Waals surface area contributed by atoms with Gasteiger partial charge in [-0.2, -0.15) is 0 Å². The number of sulfonamides is 1. The molecule has 2 aromatic carbocycles. The molecule has 1 aromatic heterocycles. The van der Waals surface area contributed by atoms with Crippen LogP contribution in [0.4, 0.5) is 15.9 Å². The van der Waals surface area contributed by atoms with Gasteiger partial charge in [0.25, 0.3) is 5.91 Å². The average Bonchev–Trinajstić information content (AvgIpc) is 2.72. The second-order valence-electron chi connectivity index (χ2n) is 7.52. The second-order valence-corrected chi connectivity index (χ2v) is 9.27. The minimum absolute atomic E-state index is 0.139. The van der Waals surface area contributed by atoms with Crippen molar-refractivity contribution in [2.24, 2.45) is 0 Å². The van der Waals surface area contributed by atoms with E-state index in [1.54, 1.807) is 62.4 Å². The molecule has 0 saturated carbocycles. The summed E-state index contributed by atoms with van der Waals surface area (Å²) >= 11 is 0. The monoisotopic (exact) mass is 456 g/mol. The highest BCUT2D eigenvalue weighted by atomic mass is 32.2. The highest BCUT2D eigenvalue weighted by Crippen LogP contribution is 2.19. The van der Waals surface area contributed by atoms with Crippen molar-refractivity contribution in [1.82, 2.24) is 15.0 Å². The summed E-state index contributed by atoms with van der Waals surface area (Å²) in [6.45, 7) is 3.65. The van der Waals surface area contributed by atoms with E-state index in [1.165, 1.54) is 18.3 Å². The van der Waals surface area contributed by atoms with Gasteiger partial charge in [0.05, 0.1) is 11.3 Å². The Morgan fingerprint density at radius 3 is 2.50 bits per heavy atom. The molecule has 32 heavy (non-hydrogen) atoms. The molecule has 0 fully saturated rings. The van der Waals surface area contributed by atoms with E-state index < -0.39 is 21.7 Å². The first-order valence-corrected chi connectivity index (χ1v) is 11.7. The quantitative estimate of drug-likeness (QED) is 0.456. The first-order chi connectivity index (χ1) is 15.2. The molecule has 1 amide bonds. The Morgan fingerprint density at radius 2 is 1.78 bits per heavy atom. The van der Waals surface area contributed by atoms with Gasteiger partial charge in [0.1, 0.15) is 11.6 Å². The van der Waals surface area contributed by atoms with E-state index in [0.717, 1.165) is 0 Å². The van der Waals surface area contributed by atoms with Gasteiger partial charge in [-0.25, -0.2) is 22.5 Å². The number of nitrogens with zero attached hydrogens (tertiary/aromatic N) is 1. The first kappa shape index (κ1) is 23.4. The maximum Gasteiger partial charge on any atom is 0.255 e. The van der Waals surface area contributed by atoms with Crippen molar-refractivity contribution in [2.75, 3.05) is 5.32 Å². The maximum absolute atomic E-state index is 13.5. The fraction of sp³-hybridized carbons (Fsp3) is 0.217. The van der Waals surface area contributed by atoms with Gasteiger partial charge in [0, 0.05) is 24.5 Å². The number of hydrogen-bond donors (Lipinski definition) is 3. The van der Waals surface area contributed by atoms with Gasteiger partial charge in [-0.3, -0.25) is 4.79 Å². The third-order valence-corrected chi connectivity index (χ3v) is 5.98. The number of carbonyl (C=O) groups is 1. The number of carbonyl (C=O) groups excluding carboxylic acids is 1. The summed E-state index contributed by atoms with van der Waals surface area (Å²) in [6, 6.07) is 15.9. The Bertz CT molecular complexity index is 1200. The topological polar surface area (TPSA) is 100 Å². The van der Waals surface area contributed by atoms with Crippen molar-refractivity contribution in [3.8, 4) is 0 Å². The van der Waals surface area contributed by atoms with Gasteiger partial charge in [-0.05, 0) is 55.3 Å².